The van der Waals surface area contributed by atoms with Crippen LogP contribution in [-0.2, 0) is 20.9 Å². The van der Waals surface area contributed by atoms with E-state index in [0.717, 1.165) is 22.4 Å². The second-order valence-corrected chi connectivity index (χ2v) is 11.3. The molecule has 0 spiro atoms. The topological polar surface area (TPSA) is 64.6 Å². The number of ketones is 1. The molecule has 40 heavy (non-hydrogen) atoms. The molecule has 206 valence electrons. The van der Waals surface area contributed by atoms with Crippen LogP contribution in [0.5, 0.6) is 5.75 Å². The molecule has 0 saturated carbocycles. The van der Waals surface area contributed by atoms with E-state index in [-0.39, 0.29) is 17.6 Å². The van der Waals surface area contributed by atoms with E-state index in [1.54, 1.807) is 0 Å². The normalized spacial score (nSPS) is 18.9. The molecule has 1 aliphatic carbocycles. The fourth-order valence-corrected chi connectivity index (χ4v) is 5.62. The second kappa shape index (κ2) is 12.1. The quantitative estimate of drug-likeness (QED) is 0.292. The van der Waals surface area contributed by atoms with Crippen molar-refractivity contribution in [1.82, 2.24) is 5.32 Å². The molecule has 0 amide bonds. The molecule has 0 unspecified atom stereocenters. The summed E-state index contributed by atoms with van der Waals surface area (Å²) in [6.07, 6.45) is 0.997. The van der Waals surface area contributed by atoms with E-state index in [4.69, 9.17) is 21.1 Å². The van der Waals surface area contributed by atoms with Crippen LogP contribution in [0, 0.1) is 5.92 Å². The summed E-state index contributed by atoms with van der Waals surface area (Å²) in [6, 6.07) is 25.3. The van der Waals surface area contributed by atoms with Crippen molar-refractivity contribution in [2.75, 3.05) is 6.61 Å². The molecule has 0 bridgehead atoms. The molecule has 2 aliphatic rings. The number of halogens is 1. The summed E-state index contributed by atoms with van der Waals surface area (Å²) in [5.41, 5.74) is 5.48. The maximum Gasteiger partial charge on any atom is 0.336 e. The molecular formula is C34H34ClNO4. The van der Waals surface area contributed by atoms with E-state index < -0.39 is 11.9 Å². The van der Waals surface area contributed by atoms with Gasteiger partial charge < -0.3 is 14.8 Å². The van der Waals surface area contributed by atoms with Crippen LogP contribution in [-0.4, -0.2) is 18.4 Å². The van der Waals surface area contributed by atoms with Crippen molar-refractivity contribution in [1.29, 1.82) is 0 Å². The Bertz CT molecular complexity index is 1460. The number of ether oxygens (including phenoxy) is 2. The fraction of sp³-hybridized carbons (Fsp3) is 0.294. The molecule has 1 N–H and O–H groups in total. The Morgan fingerprint density at radius 1 is 0.975 bits per heavy atom. The van der Waals surface area contributed by atoms with Crippen LogP contribution < -0.4 is 10.1 Å². The van der Waals surface area contributed by atoms with Gasteiger partial charge in [-0.2, -0.15) is 0 Å². The van der Waals surface area contributed by atoms with Gasteiger partial charge >= 0.3 is 5.97 Å². The number of hydrogen-bond acceptors (Lipinski definition) is 5. The molecule has 6 heteroatoms. The first-order chi connectivity index (χ1) is 19.3. The number of nitrogens with one attached hydrogen (secondary N) is 1. The average molecular weight is 556 g/mol. The molecule has 1 heterocycles. The summed E-state index contributed by atoms with van der Waals surface area (Å²) in [5.74, 6) is -0.156. The molecule has 1 aliphatic heterocycles. The van der Waals surface area contributed by atoms with Gasteiger partial charge in [0.2, 0.25) is 0 Å². The summed E-state index contributed by atoms with van der Waals surface area (Å²) in [6.45, 7) is 6.55. The first-order valence-corrected chi connectivity index (χ1v) is 14.1. The van der Waals surface area contributed by atoms with Crippen LogP contribution in [0.4, 0.5) is 0 Å². The molecule has 0 radical (unpaired) electrons. The van der Waals surface area contributed by atoms with Crippen molar-refractivity contribution >= 4 is 23.4 Å². The van der Waals surface area contributed by atoms with Gasteiger partial charge in [-0.3, -0.25) is 4.79 Å². The van der Waals surface area contributed by atoms with Gasteiger partial charge in [0, 0.05) is 34.0 Å². The Kier molecular flexibility index (Phi) is 8.41. The number of hydrogen-bond donors (Lipinski definition) is 1. The predicted octanol–water partition coefficient (Wildman–Crippen LogP) is 7.48. The lowest BCUT2D eigenvalue weighted by atomic mass is 9.71. The third-order valence-corrected chi connectivity index (χ3v) is 7.66. The first kappa shape index (κ1) is 27.7. The Morgan fingerprint density at radius 3 is 2.40 bits per heavy atom. The molecule has 3 aromatic rings. The number of esters is 1. The third-order valence-electron chi connectivity index (χ3n) is 7.40. The number of carbonyl (C=O) groups is 2. The van der Waals surface area contributed by atoms with Crippen molar-refractivity contribution in [2.45, 2.75) is 52.1 Å². The van der Waals surface area contributed by atoms with Gasteiger partial charge in [-0.15, -0.1) is 0 Å². The molecule has 5 rings (SSSR count). The predicted molar refractivity (Wildman–Crippen MR) is 157 cm³/mol. The number of carbonyl (C=O) groups excluding carboxylic acids is 2. The second-order valence-electron chi connectivity index (χ2n) is 10.9. The van der Waals surface area contributed by atoms with E-state index in [9.17, 15) is 9.59 Å². The van der Waals surface area contributed by atoms with Crippen LogP contribution in [0.1, 0.15) is 62.1 Å². The highest BCUT2D eigenvalue weighted by atomic mass is 35.5. The number of dihydropyridines is 1. The Morgan fingerprint density at radius 2 is 1.68 bits per heavy atom. The largest absolute Gasteiger partial charge is 0.489 e. The van der Waals surface area contributed by atoms with E-state index in [1.165, 1.54) is 0 Å². The molecule has 0 fully saturated rings. The molecule has 3 aromatic carbocycles. The first-order valence-electron chi connectivity index (χ1n) is 13.7. The number of allylic oxidation sites excluding steroid dienone is 3. The molecular weight excluding hydrogens is 522 g/mol. The number of benzene rings is 3. The highest BCUT2D eigenvalue weighted by Crippen LogP contribution is 2.47. The Hall–Kier alpha value is -3.83. The monoisotopic (exact) mass is 555 g/mol. The SMILES string of the molecule is CC1=C(C(=O)OCC(C)C)[C@H](c2ccccc2OCc2ccccc2)C2=C(C[C@H](c3ccc(Cl)cc3)CC2=O)N1. The zero-order valence-corrected chi connectivity index (χ0v) is 23.8. The Labute approximate surface area is 240 Å². The van der Waals surface area contributed by atoms with Crippen molar-refractivity contribution in [3.8, 4) is 5.75 Å². The molecule has 0 aromatic heterocycles. The van der Waals surface area contributed by atoms with Gasteiger partial charge in [0.25, 0.3) is 0 Å². The highest BCUT2D eigenvalue weighted by molar-refractivity contribution is 6.30. The van der Waals surface area contributed by atoms with Crippen molar-refractivity contribution < 1.29 is 19.1 Å². The summed E-state index contributed by atoms with van der Waals surface area (Å²) in [7, 11) is 0. The zero-order chi connectivity index (χ0) is 28.2. The van der Waals surface area contributed by atoms with Crippen molar-refractivity contribution in [3.63, 3.8) is 0 Å². The van der Waals surface area contributed by atoms with Crippen molar-refractivity contribution in [2.24, 2.45) is 5.92 Å². The highest BCUT2D eigenvalue weighted by Gasteiger charge is 2.42. The minimum atomic E-state index is -0.596. The van der Waals surface area contributed by atoms with Crippen LogP contribution in [0.15, 0.2) is 101 Å². The standard InChI is InChI=1S/C34H34ClNO4/c1-21(2)19-40-34(38)31-22(3)36-28-17-25(24-13-15-26(35)16-14-24)18-29(37)33(28)32(31)27-11-7-8-12-30(27)39-20-23-9-5-4-6-10-23/h4-16,21,25,32,36H,17-20H2,1-3H3/t25-,32-/m0/s1. The fourth-order valence-electron chi connectivity index (χ4n) is 5.50. The van der Waals surface area contributed by atoms with Crippen LogP contribution >= 0.6 is 11.6 Å². The smallest absolute Gasteiger partial charge is 0.336 e. The van der Waals surface area contributed by atoms with Gasteiger partial charge in [-0.05, 0) is 54.5 Å². The summed E-state index contributed by atoms with van der Waals surface area (Å²) < 4.78 is 12.0. The van der Waals surface area contributed by atoms with E-state index in [0.29, 0.717) is 53.7 Å². The van der Waals surface area contributed by atoms with Crippen LogP contribution in [0.2, 0.25) is 5.02 Å². The van der Waals surface area contributed by atoms with Crippen LogP contribution in [0.25, 0.3) is 0 Å². The minimum Gasteiger partial charge on any atom is -0.489 e. The van der Waals surface area contributed by atoms with Gasteiger partial charge in [0.05, 0.1) is 18.1 Å². The lowest BCUT2D eigenvalue weighted by Gasteiger charge is -2.37. The van der Waals surface area contributed by atoms with Gasteiger partial charge in [-0.25, -0.2) is 4.79 Å². The molecule has 0 saturated heterocycles. The molecule has 5 nitrogen and oxygen atoms in total. The summed E-state index contributed by atoms with van der Waals surface area (Å²) >= 11 is 6.12. The van der Waals surface area contributed by atoms with E-state index in [2.05, 4.69) is 5.32 Å². The minimum absolute atomic E-state index is 0.0122. The number of para-hydroxylation sites is 1. The van der Waals surface area contributed by atoms with E-state index >= 15 is 0 Å². The van der Waals surface area contributed by atoms with Gasteiger partial charge in [0.1, 0.15) is 12.4 Å². The number of rotatable bonds is 8. The molecule has 2 atom stereocenters. The summed E-state index contributed by atoms with van der Waals surface area (Å²) in [5, 5.41) is 4.09. The number of Topliss-reactive ketones (excluding diaryl/α,β-unsaturated/α-hetero) is 1. The summed E-state index contributed by atoms with van der Waals surface area (Å²) in [4.78, 5) is 27.5. The maximum atomic E-state index is 14.0. The van der Waals surface area contributed by atoms with Gasteiger partial charge in [-0.1, -0.05) is 86.1 Å². The van der Waals surface area contributed by atoms with Gasteiger partial charge in [0.15, 0.2) is 5.78 Å². The lowest BCUT2D eigenvalue weighted by molar-refractivity contribution is -0.140. The third kappa shape index (κ3) is 6.00. The Balaban J connectivity index is 1.56. The maximum absolute atomic E-state index is 14.0. The van der Waals surface area contributed by atoms with E-state index in [1.807, 2.05) is 99.6 Å². The van der Waals surface area contributed by atoms with Crippen LogP contribution in [0.3, 0.4) is 0 Å². The lowest BCUT2D eigenvalue weighted by Crippen LogP contribution is -2.36. The average Bonchev–Trinajstić information content (AvgIpc) is 2.95. The zero-order valence-electron chi connectivity index (χ0n) is 23.1. The van der Waals surface area contributed by atoms with Crippen molar-refractivity contribution in [3.05, 3.63) is 123 Å².